The average Bonchev–Trinajstić information content (AvgIpc) is 2.45. The van der Waals surface area contributed by atoms with Gasteiger partial charge in [0.2, 0.25) is 0 Å². The third-order valence-corrected chi connectivity index (χ3v) is 3.25. The van der Waals surface area contributed by atoms with Crippen LogP contribution in [0.5, 0.6) is 0 Å². The fourth-order valence-corrected chi connectivity index (χ4v) is 2.25. The highest BCUT2D eigenvalue weighted by Crippen LogP contribution is 2.17. The summed E-state index contributed by atoms with van der Waals surface area (Å²) in [7, 11) is 0. The molecule has 0 fully saturated rings. The van der Waals surface area contributed by atoms with Gasteiger partial charge in [0.1, 0.15) is 5.60 Å². The van der Waals surface area contributed by atoms with Gasteiger partial charge < -0.3 is 9.47 Å². The Morgan fingerprint density at radius 3 is 2.39 bits per heavy atom. The summed E-state index contributed by atoms with van der Waals surface area (Å²) in [5.41, 5.74) is 0.497. The molecule has 0 N–H and O–H groups in total. The van der Waals surface area contributed by atoms with Crippen LogP contribution in [0, 0.1) is 0 Å². The molecule has 122 valence electrons. The van der Waals surface area contributed by atoms with Crippen LogP contribution < -0.4 is 0 Å². The Kier molecular flexibility index (Phi) is 5.37. The lowest BCUT2D eigenvalue weighted by Crippen LogP contribution is -2.26. The van der Waals surface area contributed by atoms with Gasteiger partial charge in [-0.25, -0.2) is 4.79 Å². The maximum Gasteiger partial charge on any atom is 0.516 e. The summed E-state index contributed by atoms with van der Waals surface area (Å²) in [5, 5.41) is 2.38. The number of rotatable bonds is 4. The van der Waals surface area contributed by atoms with E-state index in [1.54, 1.807) is 20.8 Å². The predicted molar refractivity (Wildman–Crippen MR) is 89.2 cm³/mol. The van der Waals surface area contributed by atoms with Crippen LogP contribution in [0.15, 0.2) is 42.5 Å². The van der Waals surface area contributed by atoms with Crippen LogP contribution in [0.1, 0.15) is 39.2 Å². The molecule has 2 rings (SSSR count). The molecule has 0 saturated heterocycles. The Balaban J connectivity index is 1.79. The molecule has 2 aromatic carbocycles. The second-order valence-corrected chi connectivity index (χ2v) is 6.47. The molecule has 0 bridgehead atoms. The van der Waals surface area contributed by atoms with Crippen LogP contribution >= 0.6 is 0 Å². The van der Waals surface area contributed by atoms with Gasteiger partial charge in [0.15, 0.2) is 0 Å². The van der Waals surface area contributed by atoms with Crippen LogP contribution in [-0.2, 0) is 20.7 Å². The first-order valence-corrected chi connectivity index (χ1v) is 7.75. The Hall–Kier alpha value is -2.36. The first-order chi connectivity index (χ1) is 10.8. The van der Waals surface area contributed by atoms with Crippen molar-refractivity contribution in [3.63, 3.8) is 0 Å². The molecule has 23 heavy (non-hydrogen) atoms. The highest BCUT2D eigenvalue weighted by atomic mass is 16.7. The molecule has 0 aromatic heterocycles. The van der Waals surface area contributed by atoms with Crippen molar-refractivity contribution >= 4 is 22.9 Å². The number of benzene rings is 2. The second-order valence-electron chi connectivity index (χ2n) is 6.47. The summed E-state index contributed by atoms with van der Waals surface area (Å²) in [5.74, 6) is -0.556. The summed E-state index contributed by atoms with van der Waals surface area (Å²) in [6.07, 6.45) is 0.633. The normalized spacial score (nSPS) is 11.3. The van der Waals surface area contributed by atoms with Gasteiger partial charge in [0.25, 0.3) is 0 Å². The van der Waals surface area contributed by atoms with Crippen molar-refractivity contribution < 1.29 is 19.1 Å². The van der Waals surface area contributed by atoms with Gasteiger partial charge in [-0.1, -0.05) is 42.5 Å². The SMILES string of the molecule is CC(C)(C)OC(=O)OC(=O)CCCc1ccc2ccccc2c1. The molecule has 0 amide bonds. The number of carbonyl (C=O) groups excluding carboxylic acids is 2. The minimum Gasteiger partial charge on any atom is -0.428 e. The van der Waals surface area contributed by atoms with E-state index in [-0.39, 0.29) is 6.42 Å². The number of aryl methyl sites for hydroxylation is 1. The van der Waals surface area contributed by atoms with E-state index < -0.39 is 17.7 Å². The molecular weight excluding hydrogens is 292 g/mol. The second kappa shape index (κ2) is 7.27. The summed E-state index contributed by atoms with van der Waals surface area (Å²) >= 11 is 0. The molecule has 0 radical (unpaired) electrons. The van der Waals surface area contributed by atoms with Gasteiger partial charge in [-0.15, -0.1) is 0 Å². The Bertz CT molecular complexity index is 698. The zero-order chi connectivity index (χ0) is 16.9. The summed E-state index contributed by atoms with van der Waals surface area (Å²) in [6.45, 7) is 5.16. The van der Waals surface area contributed by atoms with Gasteiger partial charge >= 0.3 is 12.1 Å². The Labute approximate surface area is 136 Å². The molecule has 0 unspecified atom stereocenters. The first-order valence-electron chi connectivity index (χ1n) is 7.75. The lowest BCUT2D eigenvalue weighted by molar-refractivity contribution is -0.141. The fourth-order valence-electron chi connectivity index (χ4n) is 2.25. The summed E-state index contributed by atoms with van der Waals surface area (Å²) < 4.78 is 9.57. The molecule has 0 aliphatic carbocycles. The van der Waals surface area contributed by atoms with Crippen molar-refractivity contribution in [3.05, 3.63) is 48.0 Å². The number of hydrogen-bond donors (Lipinski definition) is 0. The number of esters is 1. The molecule has 0 heterocycles. The maximum absolute atomic E-state index is 11.6. The number of ether oxygens (including phenoxy) is 2. The monoisotopic (exact) mass is 314 g/mol. The van der Waals surface area contributed by atoms with Crippen molar-refractivity contribution in [2.45, 2.75) is 45.6 Å². The molecule has 0 spiro atoms. The number of hydrogen-bond acceptors (Lipinski definition) is 4. The third kappa shape index (κ3) is 5.74. The van der Waals surface area contributed by atoms with E-state index in [0.29, 0.717) is 6.42 Å². The lowest BCUT2D eigenvalue weighted by Gasteiger charge is -2.18. The highest BCUT2D eigenvalue weighted by molar-refractivity contribution is 5.83. The molecule has 4 heteroatoms. The van der Waals surface area contributed by atoms with Gasteiger partial charge in [-0.2, -0.15) is 0 Å². The van der Waals surface area contributed by atoms with Gasteiger partial charge in [0.05, 0.1) is 0 Å². The minimum absolute atomic E-state index is 0.187. The standard InChI is InChI=1S/C19H22O4/c1-19(2,3)23-18(21)22-17(20)10-6-7-14-11-12-15-8-4-5-9-16(15)13-14/h4-5,8-9,11-13H,6-7,10H2,1-3H3. The van der Waals surface area contributed by atoms with Crippen molar-refractivity contribution in [2.24, 2.45) is 0 Å². The largest absolute Gasteiger partial charge is 0.516 e. The molecular formula is C19H22O4. The minimum atomic E-state index is -0.937. The van der Waals surface area contributed by atoms with Crippen molar-refractivity contribution in [3.8, 4) is 0 Å². The van der Waals surface area contributed by atoms with E-state index in [1.165, 1.54) is 10.8 Å². The zero-order valence-corrected chi connectivity index (χ0v) is 13.8. The predicted octanol–water partition coefficient (Wildman–Crippen LogP) is 4.64. The van der Waals surface area contributed by atoms with Gasteiger partial charge in [-0.05, 0) is 49.9 Å². The molecule has 2 aromatic rings. The molecule has 0 saturated carbocycles. The van der Waals surface area contributed by atoms with E-state index in [4.69, 9.17) is 4.74 Å². The van der Waals surface area contributed by atoms with E-state index in [1.807, 2.05) is 12.1 Å². The molecule has 0 atom stereocenters. The van der Waals surface area contributed by atoms with E-state index in [9.17, 15) is 9.59 Å². The maximum atomic E-state index is 11.6. The van der Waals surface area contributed by atoms with Crippen LogP contribution in [0.4, 0.5) is 4.79 Å². The highest BCUT2D eigenvalue weighted by Gasteiger charge is 2.19. The van der Waals surface area contributed by atoms with Crippen molar-refractivity contribution in [1.29, 1.82) is 0 Å². The Morgan fingerprint density at radius 1 is 1.00 bits per heavy atom. The van der Waals surface area contributed by atoms with Gasteiger partial charge in [-0.3, -0.25) is 4.79 Å². The lowest BCUT2D eigenvalue weighted by atomic mass is 10.0. The Morgan fingerprint density at radius 2 is 1.70 bits per heavy atom. The molecule has 0 aliphatic rings. The van der Waals surface area contributed by atoms with Gasteiger partial charge in [0, 0.05) is 6.42 Å². The van der Waals surface area contributed by atoms with E-state index in [2.05, 4.69) is 35.1 Å². The topological polar surface area (TPSA) is 52.6 Å². The number of carbonyl (C=O) groups is 2. The molecule has 4 nitrogen and oxygen atoms in total. The van der Waals surface area contributed by atoms with Crippen molar-refractivity contribution in [2.75, 3.05) is 0 Å². The van der Waals surface area contributed by atoms with Crippen molar-refractivity contribution in [1.82, 2.24) is 0 Å². The summed E-state index contributed by atoms with van der Waals surface area (Å²) in [6, 6.07) is 14.4. The van der Waals surface area contributed by atoms with Crippen LogP contribution in [0.3, 0.4) is 0 Å². The van der Waals surface area contributed by atoms with E-state index in [0.717, 1.165) is 12.0 Å². The smallest absolute Gasteiger partial charge is 0.428 e. The quantitative estimate of drug-likeness (QED) is 0.609. The van der Waals surface area contributed by atoms with Crippen LogP contribution in [0.25, 0.3) is 10.8 Å². The average molecular weight is 314 g/mol. The van der Waals surface area contributed by atoms with Crippen LogP contribution in [0.2, 0.25) is 0 Å². The molecule has 0 aliphatic heterocycles. The summed E-state index contributed by atoms with van der Waals surface area (Å²) in [4.78, 5) is 23.0. The first kappa shape index (κ1) is 17.0. The van der Waals surface area contributed by atoms with E-state index >= 15 is 0 Å². The number of fused-ring (bicyclic) bond motifs is 1. The van der Waals surface area contributed by atoms with Crippen LogP contribution in [-0.4, -0.2) is 17.7 Å². The third-order valence-electron chi connectivity index (χ3n) is 3.25. The zero-order valence-electron chi connectivity index (χ0n) is 13.8. The fraction of sp³-hybridized carbons (Fsp3) is 0.368.